The molecule has 1 aromatic carbocycles. The molecule has 0 atom stereocenters. The van der Waals surface area contributed by atoms with Crippen LogP contribution < -0.4 is 4.90 Å². The first-order valence-corrected chi connectivity index (χ1v) is 10.6. The highest BCUT2D eigenvalue weighted by Crippen LogP contribution is 2.39. The van der Waals surface area contributed by atoms with Crippen molar-refractivity contribution in [1.82, 2.24) is 9.55 Å². The lowest BCUT2D eigenvalue weighted by atomic mass is 10.1. The van der Waals surface area contributed by atoms with Crippen LogP contribution in [0.1, 0.15) is 68.5 Å². The molecule has 0 saturated heterocycles. The Kier molecular flexibility index (Phi) is 6.29. The van der Waals surface area contributed by atoms with Crippen LogP contribution in [0.15, 0.2) is 12.1 Å². The van der Waals surface area contributed by atoms with Crippen molar-refractivity contribution in [2.24, 2.45) is 0 Å². The molecule has 0 bridgehead atoms. The number of aryl methyl sites for hydroxylation is 3. The average Bonchev–Trinajstić information content (AvgIpc) is 3.14. The van der Waals surface area contributed by atoms with E-state index in [1.165, 1.54) is 54.6 Å². The number of halogens is 1. The number of nitrogens with zero attached hydrogens (tertiary/aromatic N) is 3. The van der Waals surface area contributed by atoms with E-state index in [9.17, 15) is 0 Å². The minimum Gasteiger partial charge on any atom is -0.312 e. The quantitative estimate of drug-likeness (QED) is 0.500. The molecular formula is C22H32ClN3. The van der Waals surface area contributed by atoms with E-state index >= 15 is 0 Å². The molecule has 0 fully saturated rings. The third-order valence-corrected chi connectivity index (χ3v) is 5.73. The Morgan fingerprint density at radius 2 is 1.81 bits per heavy atom. The highest BCUT2D eigenvalue weighted by atomic mass is 35.5. The van der Waals surface area contributed by atoms with E-state index in [1.54, 1.807) is 0 Å². The molecular weight excluding hydrogens is 342 g/mol. The molecule has 0 spiro atoms. The summed E-state index contributed by atoms with van der Waals surface area (Å²) in [6.45, 7) is 10.7. The lowest BCUT2D eigenvalue weighted by Crippen LogP contribution is -2.16. The minimum absolute atomic E-state index is 0.832. The Morgan fingerprint density at radius 1 is 1.04 bits per heavy atom. The van der Waals surface area contributed by atoms with E-state index in [-0.39, 0.29) is 0 Å². The number of hydrogen-bond donors (Lipinski definition) is 0. The van der Waals surface area contributed by atoms with Gasteiger partial charge in [0.25, 0.3) is 0 Å². The molecule has 0 aliphatic carbocycles. The summed E-state index contributed by atoms with van der Waals surface area (Å²) >= 11 is 6.62. The van der Waals surface area contributed by atoms with Crippen LogP contribution in [0.5, 0.6) is 0 Å². The Bertz CT molecular complexity index is 740. The van der Waals surface area contributed by atoms with Crippen molar-refractivity contribution in [3.05, 3.63) is 39.7 Å². The molecule has 0 radical (unpaired) electrons. The van der Waals surface area contributed by atoms with Crippen molar-refractivity contribution in [3.63, 3.8) is 0 Å². The zero-order valence-electron chi connectivity index (χ0n) is 16.7. The largest absolute Gasteiger partial charge is 0.312 e. The van der Waals surface area contributed by atoms with Crippen LogP contribution >= 0.6 is 11.6 Å². The highest BCUT2D eigenvalue weighted by molar-refractivity contribution is 6.33. The lowest BCUT2D eigenvalue weighted by molar-refractivity contribution is 0.613. The van der Waals surface area contributed by atoms with Gasteiger partial charge >= 0.3 is 0 Å². The highest BCUT2D eigenvalue weighted by Gasteiger charge is 2.29. The summed E-state index contributed by atoms with van der Waals surface area (Å²) < 4.78 is 2.44. The number of aromatic nitrogens is 2. The third kappa shape index (κ3) is 3.78. The number of imidazole rings is 1. The van der Waals surface area contributed by atoms with E-state index in [0.717, 1.165) is 42.6 Å². The van der Waals surface area contributed by atoms with E-state index in [2.05, 4.69) is 49.3 Å². The molecule has 2 heterocycles. The second kappa shape index (κ2) is 8.47. The number of benzene rings is 1. The van der Waals surface area contributed by atoms with Crippen molar-refractivity contribution < 1.29 is 0 Å². The average molecular weight is 374 g/mol. The molecule has 1 aliphatic rings. The monoisotopic (exact) mass is 373 g/mol. The first-order chi connectivity index (χ1) is 12.6. The summed E-state index contributed by atoms with van der Waals surface area (Å²) in [6, 6.07) is 4.27. The van der Waals surface area contributed by atoms with Crippen LogP contribution in [0, 0.1) is 13.8 Å². The van der Waals surface area contributed by atoms with Crippen LogP contribution in [0.3, 0.4) is 0 Å². The summed E-state index contributed by atoms with van der Waals surface area (Å²) in [6.07, 6.45) is 8.74. The molecule has 0 unspecified atom stereocenters. The van der Waals surface area contributed by atoms with Crippen LogP contribution in [-0.2, 0) is 19.4 Å². The van der Waals surface area contributed by atoms with Gasteiger partial charge < -0.3 is 9.47 Å². The smallest absolute Gasteiger partial charge is 0.210 e. The van der Waals surface area contributed by atoms with Gasteiger partial charge in [-0.3, -0.25) is 0 Å². The van der Waals surface area contributed by atoms with Crippen LogP contribution in [0.25, 0.3) is 0 Å². The predicted molar refractivity (Wildman–Crippen MR) is 112 cm³/mol. The zero-order chi connectivity index (χ0) is 18.7. The van der Waals surface area contributed by atoms with Crippen molar-refractivity contribution >= 4 is 23.2 Å². The Hall–Kier alpha value is -1.48. The molecule has 4 heteroatoms. The summed E-state index contributed by atoms with van der Waals surface area (Å²) in [5.41, 5.74) is 6.27. The summed E-state index contributed by atoms with van der Waals surface area (Å²) in [5.74, 6) is 1.08. The van der Waals surface area contributed by atoms with Gasteiger partial charge in [0.2, 0.25) is 5.95 Å². The Labute approximate surface area is 163 Å². The topological polar surface area (TPSA) is 21.1 Å². The maximum absolute atomic E-state index is 6.62. The van der Waals surface area contributed by atoms with Crippen molar-refractivity contribution in [2.45, 2.75) is 79.2 Å². The van der Waals surface area contributed by atoms with Crippen LogP contribution in [0.4, 0.5) is 11.6 Å². The summed E-state index contributed by atoms with van der Waals surface area (Å²) in [4.78, 5) is 7.33. The predicted octanol–water partition coefficient (Wildman–Crippen LogP) is 6.38. The van der Waals surface area contributed by atoms with Crippen molar-refractivity contribution in [3.8, 4) is 0 Å². The van der Waals surface area contributed by atoms with Gasteiger partial charge in [-0.2, -0.15) is 0 Å². The van der Waals surface area contributed by atoms with Gasteiger partial charge in [0, 0.05) is 18.8 Å². The SMILES string of the molecule is CCCCCCCc1c(CC)nc2n1CCN2c1c(C)cc(C)cc1Cl. The zero-order valence-corrected chi connectivity index (χ0v) is 17.5. The van der Waals surface area contributed by atoms with Gasteiger partial charge in [0.1, 0.15) is 0 Å². The molecule has 3 nitrogen and oxygen atoms in total. The van der Waals surface area contributed by atoms with E-state index in [4.69, 9.17) is 16.6 Å². The second-order valence-electron chi connectivity index (χ2n) is 7.54. The molecule has 2 aromatic rings. The maximum atomic E-state index is 6.62. The van der Waals surface area contributed by atoms with Gasteiger partial charge in [-0.15, -0.1) is 0 Å². The fourth-order valence-corrected chi connectivity index (χ4v) is 4.61. The molecule has 1 aromatic heterocycles. The molecule has 0 saturated carbocycles. The number of unbranched alkanes of at least 4 members (excludes halogenated alkanes) is 4. The maximum Gasteiger partial charge on any atom is 0.210 e. The van der Waals surface area contributed by atoms with E-state index in [0.29, 0.717) is 0 Å². The van der Waals surface area contributed by atoms with Crippen molar-refractivity contribution in [2.75, 3.05) is 11.4 Å². The minimum atomic E-state index is 0.832. The first kappa shape index (κ1) is 19.3. The first-order valence-electron chi connectivity index (χ1n) is 10.2. The molecule has 0 N–H and O–H groups in total. The number of anilines is 2. The van der Waals surface area contributed by atoms with Gasteiger partial charge in [0.05, 0.1) is 16.4 Å². The van der Waals surface area contributed by atoms with Crippen LogP contribution in [0.2, 0.25) is 5.02 Å². The van der Waals surface area contributed by atoms with Crippen molar-refractivity contribution in [1.29, 1.82) is 0 Å². The van der Waals surface area contributed by atoms with Gasteiger partial charge in [-0.1, -0.05) is 57.2 Å². The third-order valence-electron chi connectivity index (χ3n) is 5.44. The van der Waals surface area contributed by atoms with Crippen LogP contribution in [-0.4, -0.2) is 16.1 Å². The number of hydrogen-bond acceptors (Lipinski definition) is 2. The molecule has 142 valence electrons. The Balaban J connectivity index is 1.85. The summed E-state index contributed by atoms with van der Waals surface area (Å²) in [5, 5.41) is 0.832. The van der Waals surface area contributed by atoms with E-state index in [1.807, 2.05) is 0 Å². The molecule has 1 aliphatic heterocycles. The van der Waals surface area contributed by atoms with Gasteiger partial charge in [-0.25, -0.2) is 4.98 Å². The van der Waals surface area contributed by atoms with E-state index < -0.39 is 0 Å². The van der Waals surface area contributed by atoms with Gasteiger partial charge in [0.15, 0.2) is 0 Å². The standard InChI is InChI=1S/C22H32ClN3/c1-5-7-8-9-10-11-20-19(6-2)24-22-25(20)12-13-26(22)21-17(4)14-16(3)15-18(21)23/h14-15H,5-13H2,1-4H3. The lowest BCUT2D eigenvalue weighted by Gasteiger charge is -2.20. The number of rotatable bonds is 8. The molecule has 0 amide bonds. The fraction of sp³-hybridized carbons (Fsp3) is 0.591. The molecule has 26 heavy (non-hydrogen) atoms. The number of fused-ring (bicyclic) bond motifs is 1. The second-order valence-corrected chi connectivity index (χ2v) is 7.95. The normalized spacial score (nSPS) is 13.5. The van der Waals surface area contributed by atoms with Gasteiger partial charge in [-0.05, 0) is 50.3 Å². The summed E-state index contributed by atoms with van der Waals surface area (Å²) in [7, 11) is 0. The molecule has 3 rings (SSSR count). The Morgan fingerprint density at radius 3 is 2.50 bits per heavy atom. The fourth-order valence-electron chi connectivity index (χ4n) is 4.18.